The SMILES string of the molecule is Cc1ccc(-c2cc(C)c(-c3ccc(-c4cc(C)c(-c5ccnc(N6[C-]=Nc7ccccc7-c7ccccc76)c5)c(C)c4)cc3)c(C)c2)cc1.[Ir].[c-]1ccccc1-c1ccccn1. The van der Waals surface area contributed by atoms with Gasteiger partial charge in [0.05, 0.1) is 5.82 Å². The molecular formula is C58H46IrN4-2. The fourth-order valence-electron chi connectivity index (χ4n) is 8.54. The summed E-state index contributed by atoms with van der Waals surface area (Å²) in [6, 6.07) is 64.7. The van der Waals surface area contributed by atoms with Crippen molar-refractivity contribution in [2.75, 3.05) is 4.90 Å². The van der Waals surface area contributed by atoms with Crippen LogP contribution in [0.2, 0.25) is 0 Å². The molecule has 0 atom stereocenters. The second-order valence-electron chi connectivity index (χ2n) is 15.9. The van der Waals surface area contributed by atoms with Gasteiger partial charge in [-0.05, 0) is 142 Å². The summed E-state index contributed by atoms with van der Waals surface area (Å²) in [4.78, 5) is 15.7. The summed E-state index contributed by atoms with van der Waals surface area (Å²) in [7, 11) is 0. The van der Waals surface area contributed by atoms with Gasteiger partial charge in [0.15, 0.2) is 0 Å². The topological polar surface area (TPSA) is 41.4 Å². The Hall–Kier alpha value is -7.04. The van der Waals surface area contributed by atoms with Gasteiger partial charge in [-0.25, -0.2) is 0 Å². The Labute approximate surface area is 385 Å². The van der Waals surface area contributed by atoms with Gasteiger partial charge in [0.1, 0.15) is 0 Å². The van der Waals surface area contributed by atoms with Gasteiger partial charge in [0, 0.05) is 38.8 Å². The molecule has 0 saturated carbocycles. The van der Waals surface area contributed by atoms with Gasteiger partial charge >= 0.3 is 0 Å². The zero-order chi connectivity index (χ0) is 42.6. The van der Waals surface area contributed by atoms with E-state index in [9.17, 15) is 0 Å². The average molecular weight is 991 g/mol. The van der Waals surface area contributed by atoms with E-state index in [1.54, 1.807) is 6.20 Å². The molecule has 0 amide bonds. The van der Waals surface area contributed by atoms with Crippen LogP contribution in [0.4, 0.5) is 17.2 Å². The molecule has 3 heterocycles. The first-order chi connectivity index (χ1) is 30.3. The van der Waals surface area contributed by atoms with Crippen molar-refractivity contribution in [1.29, 1.82) is 0 Å². The summed E-state index contributed by atoms with van der Waals surface area (Å²) in [5.41, 5.74) is 22.2. The van der Waals surface area contributed by atoms with Gasteiger partial charge in [-0.2, -0.15) is 0 Å². The van der Waals surface area contributed by atoms with E-state index in [0.29, 0.717) is 0 Å². The molecular weight excluding hydrogens is 945 g/mol. The van der Waals surface area contributed by atoms with Crippen molar-refractivity contribution in [1.82, 2.24) is 9.97 Å². The fourth-order valence-corrected chi connectivity index (χ4v) is 8.54. The molecule has 309 valence electrons. The summed E-state index contributed by atoms with van der Waals surface area (Å²) in [5.74, 6) is 0.780. The number of benzene rings is 7. The molecule has 0 saturated heterocycles. The molecule has 4 nitrogen and oxygen atoms in total. The van der Waals surface area contributed by atoms with E-state index in [0.717, 1.165) is 45.1 Å². The van der Waals surface area contributed by atoms with Crippen molar-refractivity contribution in [3.8, 4) is 66.9 Å². The zero-order valence-corrected chi connectivity index (χ0v) is 38.4. The van der Waals surface area contributed by atoms with Crippen molar-refractivity contribution in [2.24, 2.45) is 4.99 Å². The van der Waals surface area contributed by atoms with Crippen LogP contribution in [0.25, 0.3) is 66.9 Å². The first-order valence-electron chi connectivity index (χ1n) is 21.0. The van der Waals surface area contributed by atoms with Gasteiger partial charge in [0.25, 0.3) is 0 Å². The Kier molecular flexibility index (Phi) is 12.8. The molecule has 1 radical (unpaired) electrons. The van der Waals surface area contributed by atoms with Crippen molar-refractivity contribution < 1.29 is 20.1 Å². The van der Waals surface area contributed by atoms with E-state index >= 15 is 0 Å². The van der Waals surface area contributed by atoms with Crippen LogP contribution in [-0.2, 0) is 20.1 Å². The van der Waals surface area contributed by atoms with Gasteiger partial charge in [-0.1, -0.05) is 145 Å². The number of hydrogen-bond donors (Lipinski definition) is 0. The molecule has 0 unspecified atom stereocenters. The second kappa shape index (κ2) is 18.9. The number of aryl methyl sites for hydroxylation is 5. The summed E-state index contributed by atoms with van der Waals surface area (Å²) in [6.07, 6.45) is 6.95. The Morgan fingerprint density at radius 2 is 1.02 bits per heavy atom. The average Bonchev–Trinajstić information content (AvgIpc) is 3.47. The Morgan fingerprint density at radius 3 is 1.65 bits per heavy atom. The molecule has 7 aromatic carbocycles. The number of anilines is 2. The molecule has 63 heavy (non-hydrogen) atoms. The molecule has 2 aromatic heterocycles. The van der Waals surface area contributed by atoms with E-state index in [1.165, 1.54) is 66.8 Å². The second-order valence-corrected chi connectivity index (χ2v) is 15.9. The third kappa shape index (κ3) is 9.13. The molecule has 5 heteroatoms. The summed E-state index contributed by atoms with van der Waals surface area (Å²) in [5, 5.41) is 0. The van der Waals surface area contributed by atoms with Crippen LogP contribution in [0.15, 0.2) is 193 Å². The molecule has 1 aliphatic rings. The zero-order valence-electron chi connectivity index (χ0n) is 36.0. The van der Waals surface area contributed by atoms with Crippen LogP contribution in [0.1, 0.15) is 27.8 Å². The number of para-hydroxylation sites is 2. The number of nitrogens with zero attached hydrogens (tertiary/aromatic N) is 4. The minimum absolute atomic E-state index is 0. The molecule has 0 fully saturated rings. The minimum Gasteiger partial charge on any atom is -0.405 e. The summed E-state index contributed by atoms with van der Waals surface area (Å²) >= 11 is 0. The normalized spacial score (nSPS) is 11.3. The summed E-state index contributed by atoms with van der Waals surface area (Å²) in [6.45, 7) is 11.0. The van der Waals surface area contributed by atoms with E-state index < -0.39 is 0 Å². The van der Waals surface area contributed by atoms with Crippen LogP contribution >= 0.6 is 0 Å². The molecule has 1 aliphatic heterocycles. The quantitative estimate of drug-likeness (QED) is 0.156. The largest absolute Gasteiger partial charge is 0.405 e. The van der Waals surface area contributed by atoms with Crippen LogP contribution in [0.3, 0.4) is 0 Å². The number of pyridine rings is 2. The van der Waals surface area contributed by atoms with Crippen molar-refractivity contribution in [3.05, 3.63) is 222 Å². The monoisotopic (exact) mass is 991 g/mol. The molecule has 0 N–H and O–H groups in total. The van der Waals surface area contributed by atoms with Gasteiger partial charge in [-0.15, -0.1) is 35.9 Å². The van der Waals surface area contributed by atoms with Gasteiger partial charge < -0.3 is 14.9 Å². The predicted molar refractivity (Wildman–Crippen MR) is 259 cm³/mol. The molecule has 9 aromatic rings. The molecule has 10 rings (SSSR count). The Bertz CT molecular complexity index is 2960. The van der Waals surface area contributed by atoms with E-state index in [4.69, 9.17) is 9.98 Å². The number of fused-ring (bicyclic) bond motifs is 3. The maximum Gasteiger partial charge on any atom is 0.0563 e. The minimum atomic E-state index is 0. The van der Waals surface area contributed by atoms with Crippen molar-refractivity contribution in [2.45, 2.75) is 34.6 Å². The van der Waals surface area contributed by atoms with Crippen LogP contribution in [0.5, 0.6) is 0 Å². The number of aliphatic imine (C=N–C) groups is 1. The van der Waals surface area contributed by atoms with Crippen molar-refractivity contribution >= 4 is 23.5 Å². The van der Waals surface area contributed by atoms with E-state index in [1.807, 2.05) is 65.7 Å². The fraction of sp³-hybridized carbons (Fsp3) is 0.0862. The first kappa shape index (κ1) is 42.6. The van der Waals surface area contributed by atoms with Crippen LogP contribution in [0, 0.1) is 40.7 Å². The standard InChI is InChI=1S/C47H38N3.C11H8N.Ir/c1-30-14-16-35(17-15-30)39-24-31(2)46(32(3)25-39)37-20-18-36(19-21-37)40-26-33(4)47(34(5)27-40)38-22-23-48-45(28-38)50-29-49-43-12-8-6-10-41(43)42-11-7-9-13-44(42)50;1-2-6-10(7-3-1)11-8-4-5-9-12-11;/h6-28H,1-5H3;1-6,8-9H;/q2*-1;. The van der Waals surface area contributed by atoms with E-state index in [-0.39, 0.29) is 20.1 Å². The maximum atomic E-state index is 4.79. The Balaban J connectivity index is 0.000000361. The van der Waals surface area contributed by atoms with Crippen LogP contribution in [-0.4, -0.2) is 16.3 Å². The third-order valence-electron chi connectivity index (χ3n) is 11.5. The van der Waals surface area contributed by atoms with E-state index in [2.05, 4.69) is 173 Å². The summed E-state index contributed by atoms with van der Waals surface area (Å²) < 4.78 is 0. The maximum absolute atomic E-state index is 4.79. The van der Waals surface area contributed by atoms with Crippen molar-refractivity contribution in [3.63, 3.8) is 0 Å². The first-order valence-corrected chi connectivity index (χ1v) is 21.0. The van der Waals surface area contributed by atoms with Crippen LogP contribution < -0.4 is 4.90 Å². The number of rotatable bonds is 6. The van der Waals surface area contributed by atoms with Gasteiger partial charge in [0.2, 0.25) is 0 Å². The third-order valence-corrected chi connectivity index (χ3v) is 11.5. The smallest absolute Gasteiger partial charge is 0.0563 e. The molecule has 0 bridgehead atoms. The molecule has 0 spiro atoms. The molecule has 0 aliphatic carbocycles. The Morgan fingerprint density at radius 1 is 0.444 bits per heavy atom. The predicted octanol–water partition coefficient (Wildman–Crippen LogP) is 15.2. The van der Waals surface area contributed by atoms with Gasteiger partial charge in [-0.3, -0.25) is 4.98 Å². The number of aromatic nitrogens is 2. The number of hydrogen-bond acceptors (Lipinski definition) is 4.